The average molecular weight is 355 g/mol. The van der Waals surface area contributed by atoms with Crippen molar-refractivity contribution >= 4 is 22.5 Å². The monoisotopic (exact) mass is 355 g/mol. The fourth-order valence-corrected chi connectivity index (χ4v) is 2.39. The maximum Gasteiger partial charge on any atom is 0.319 e. The summed E-state index contributed by atoms with van der Waals surface area (Å²) < 4.78 is 11.4. The molecule has 9 nitrogen and oxygen atoms in total. The van der Waals surface area contributed by atoms with Crippen LogP contribution in [0.4, 0.5) is 5.69 Å². The second-order valence-corrected chi connectivity index (χ2v) is 5.34. The molecule has 1 N–H and O–H groups in total. The van der Waals surface area contributed by atoms with Crippen LogP contribution in [0.5, 0.6) is 11.9 Å². The van der Waals surface area contributed by atoms with Crippen molar-refractivity contribution in [3.63, 3.8) is 0 Å². The van der Waals surface area contributed by atoms with Crippen LogP contribution in [0.3, 0.4) is 0 Å². The maximum atomic E-state index is 12.4. The molecule has 0 aliphatic carbocycles. The lowest BCUT2D eigenvalue weighted by molar-refractivity contribution is -0.116. The van der Waals surface area contributed by atoms with E-state index in [-0.39, 0.29) is 36.3 Å². The van der Waals surface area contributed by atoms with Gasteiger partial charge >= 0.3 is 6.01 Å². The van der Waals surface area contributed by atoms with Gasteiger partial charge in [-0.2, -0.15) is 4.98 Å². The van der Waals surface area contributed by atoms with Crippen molar-refractivity contribution in [2.75, 3.05) is 19.5 Å². The summed E-state index contributed by atoms with van der Waals surface area (Å²) in [5, 5.41) is 3.17. The van der Waals surface area contributed by atoms with Crippen molar-refractivity contribution in [1.29, 1.82) is 0 Å². The van der Waals surface area contributed by atoms with Gasteiger partial charge in [0.1, 0.15) is 5.69 Å². The fourth-order valence-electron chi connectivity index (χ4n) is 2.39. The van der Waals surface area contributed by atoms with E-state index in [1.807, 2.05) is 6.07 Å². The molecular formula is C17H17N5O4. The van der Waals surface area contributed by atoms with Gasteiger partial charge in [0.15, 0.2) is 0 Å². The summed E-state index contributed by atoms with van der Waals surface area (Å²) >= 11 is 0. The SMILES string of the molecule is COc1ncc(NC(=O)CCn2cnc3ccccc3c2=O)c(OC)n1. The highest BCUT2D eigenvalue weighted by Gasteiger charge is 2.12. The number of aromatic nitrogens is 4. The molecule has 26 heavy (non-hydrogen) atoms. The summed E-state index contributed by atoms with van der Waals surface area (Å²) in [7, 11) is 2.86. The number of nitrogens with zero attached hydrogens (tertiary/aromatic N) is 4. The number of amides is 1. The lowest BCUT2D eigenvalue weighted by atomic mass is 10.2. The fraction of sp³-hybridized carbons (Fsp3) is 0.235. The lowest BCUT2D eigenvalue weighted by Gasteiger charge is -2.10. The van der Waals surface area contributed by atoms with E-state index >= 15 is 0 Å². The van der Waals surface area contributed by atoms with Crippen LogP contribution in [0.1, 0.15) is 6.42 Å². The first-order valence-corrected chi connectivity index (χ1v) is 7.81. The third-order valence-corrected chi connectivity index (χ3v) is 3.69. The quantitative estimate of drug-likeness (QED) is 0.708. The molecule has 1 amide bonds. The number of aryl methyl sites for hydroxylation is 1. The number of hydrogen-bond donors (Lipinski definition) is 1. The van der Waals surface area contributed by atoms with Gasteiger partial charge in [-0.05, 0) is 12.1 Å². The Labute approximate surface area is 148 Å². The second kappa shape index (κ2) is 7.60. The first-order valence-electron chi connectivity index (χ1n) is 7.81. The van der Waals surface area contributed by atoms with E-state index in [9.17, 15) is 9.59 Å². The van der Waals surface area contributed by atoms with E-state index in [4.69, 9.17) is 9.47 Å². The molecular weight excluding hydrogens is 338 g/mol. The smallest absolute Gasteiger partial charge is 0.319 e. The summed E-state index contributed by atoms with van der Waals surface area (Å²) in [6.45, 7) is 0.196. The minimum atomic E-state index is -0.308. The predicted octanol–water partition coefficient (Wildman–Crippen LogP) is 1.23. The summed E-state index contributed by atoms with van der Waals surface area (Å²) in [4.78, 5) is 36.8. The largest absolute Gasteiger partial charge is 0.479 e. The van der Waals surface area contributed by atoms with Crippen LogP contribution >= 0.6 is 0 Å². The number of fused-ring (bicyclic) bond motifs is 1. The van der Waals surface area contributed by atoms with E-state index in [2.05, 4.69) is 20.3 Å². The van der Waals surface area contributed by atoms with E-state index < -0.39 is 0 Å². The van der Waals surface area contributed by atoms with Gasteiger partial charge in [-0.25, -0.2) is 9.97 Å². The lowest BCUT2D eigenvalue weighted by Crippen LogP contribution is -2.23. The van der Waals surface area contributed by atoms with E-state index in [1.54, 1.807) is 18.2 Å². The highest BCUT2D eigenvalue weighted by atomic mass is 16.5. The van der Waals surface area contributed by atoms with Gasteiger partial charge in [-0.1, -0.05) is 12.1 Å². The third kappa shape index (κ3) is 3.61. The molecule has 3 rings (SSSR count). The van der Waals surface area contributed by atoms with E-state index in [1.165, 1.54) is 31.3 Å². The van der Waals surface area contributed by atoms with E-state index in [0.717, 1.165) is 0 Å². The Balaban J connectivity index is 1.70. The molecule has 2 aromatic heterocycles. The van der Waals surface area contributed by atoms with Gasteiger partial charge in [0.2, 0.25) is 11.8 Å². The van der Waals surface area contributed by atoms with Crippen molar-refractivity contribution in [2.45, 2.75) is 13.0 Å². The molecule has 0 bridgehead atoms. The third-order valence-electron chi connectivity index (χ3n) is 3.69. The highest BCUT2D eigenvalue weighted by Crippen LogP contribution is 2.22. The Morgan fingerprint density at radius 1 is 1.19 bits per heavy atom. The van der Waals surface area contributed by atoms with Gasteiger partial charge in [0.25, 0.3) is 5.56 Å². The molecule has 0 unspecified atom stereocenters. The van der Waals surface area contributed by atoms with Crippen LogP contribution in [0.15, 0.2) is 41.6 Å². The molecule has 3 aromatic rings. The zero-order valence-corrected chi connectivity index (χ0v) is 14.3. The van der Waals surface area contributed by atoms with Crippen LogP contribution < -0.4 is 20.3 Å². The second-order valence-electron chi connectivity index (χ2n) is 5.34. The first kappa shape index (κ1) is 17.3. The summed E-state index contributed by atoms with van der Waals surface area (Å²) in [5.74, 6) is -0.119. The molecule has 134 valence electrons. The number of anilines is 1. The molecule has 0 aliphatic heterocycles. The maximum absolute atomic E-state index is 12.4. The number of benzene rings is 1. The summed E-state index contributed by atoms with van der Waals surface area (Å²) in [5.41, 5.74) is 0.759. The molecule has 1 aromatic carbocycles. The number of rotatable bonds is 6. The molecule has 0 aliphatic rings. The molecule has 0 saturated heterocycles. The molecule has 0 saturated carbocycles. The number of para-hydroxylation sites is 1. The van der Waals surface area contributed by atoms with Crippen molar-refractivity contribution in [2.24, 2.45) is 0 Å². The minimum Gasteiger partial charge on any atom is -0.479 e. The molecule has 0 atom stereocenters. The van der Waals surface area contributed by atoms with Gasteiger partial charge < -0.3 is 14.8 Å². The zero-order valence-electron chi connectivity index (χ0n) is 14.3. The number of nitrogens with one attached hydrogen (secondary N) is 1. The van der Waals surface area contributed by atoms with Crippen molar-refractivity contribution in [3.05, 3.63) is 47.1 Å². The Bertz CT molecular complexity index is 1000. The molecule has 0 spiro atoms. The van der Waals surface area contributed by atoms with Crippen molar-refractivity contribution < 1.29 is 14.3 Å². The Hall–Kier alpha value is -3.49. The zero-order chi connectivity index (χ0) is 18.5. The molecule has 0 radical (unpaired) electrons. The standard InChI is InChI=1S/C17H17N5O4/c1-25-15-13(9-18-17(21-15)26-2)20-14(23)7-8-22-10-19-12-6-4-3-5-11(12)16(22)24/h3-6,9-10H,7-8H2,1-2H3,(H,20,23). The van der Waals surface area contributed by atoms with Crippen LogP contribution in [0.25, 0.3) is 10.9 Å². The summed E-state index contributed by atoms with van der Waals surface area (Å²) in [6, 6.07) is 7.20. The molecule has 0 fully saturated rings. The Morgan fingerprint density at radius 3 is 2.77 bits per heavy atom. The number of carbonyl (C=O) groups excluding carboxylic acids is 1. The van der Waals surface area contributed by atoms with E-state index in [0.29, 0.717) is 16.6 Å². The number of ether oxygens (including phenoxy) is 2. The Kier molecular flexibility index (Phi) is 5.07. The number of carbonyl (C=O) groups is 1. The normalized spacial score (nSPS) is 10.5. The van der Waals surface area contributed by atoms with Crippen LogP contribution in [0.2, 0.25) is 0 Å². The average Bonchev–Trinajstić information content (AvgIpc) is 2.68. The van der Waals surface area contributed by atoms with Crippen molar-refractivity contribution in [1.82, 2.24) is 19.5 Å². The minimum absolute atomic E-state index is 0.0785. The molecule has 9 heteroatoms. The van der Waals surface area contributed by atoms with Gasteiger partial charge in [-0.15, -0.1) is 0 Å². The van der Waals surface area contributed by atoms with Gasteiger partial charge in [0, 0.05) is 13.0 Å². The van der Waals surface area contributed by atoms with Crippen LogP contribution in [-0.2, 0) is 11.3 Å². The van der Waals surface area contributed by atoms with Crippen molar-refractivity contribution in [3.8, 4) is 11.9 Å². The van der Waals surface area contributed by atoms with Crippen LogP contribution in [-0.4, -0.2) is 39.6 Å². The highest BCUT2D eigenvalue weighted by molar-refractivity contribution is 5.91. The summed E-state index contributed by atoms with van der Waals surface area (Å²) in [6.07, 6.45) is 2.91. The first-order chi connectivity index (χ1) is 12.6. The number of methoxy groups -OCH3 is 2. The number of hydrogen-bond acceptors (Lipinski definition) is 7. The Morgan fingerprint density at radius 2 is 2.00 bits per heavy atom. The molecule has 2 heterocycles. The van der Waals surface area contributed by atoms with Gasteiger partial charge in [-0.3, -0.25) is 14.2 Å². The van der Waals surface area contributed by atoms with Gasteiger partial charge in [0.05, 0.1) is 37.6 Å². The van der Waals surface area contributed by atoms with Crippen LogP contribution in [0, 0.1) is 0 Å². The topological polar surface area (TPSA) is 108 Å². The predicted molar refractivity (Wildman–Crippen MR) is 94.4 cm³/mol.